The standard InChI is InChI=1S/C19H13F4N3O3S/c20-15-7-17(16(21)6-12(15)8-24)26-30(27,28)18-10-25-9-13(18)4-11-2-1-3-14(5-11)29-19(22)23/h1-3,5-7,9-10,19,25-26H,4H2. The van der Waals surface area contributed by atoms with Crippen LogP contribution < -0.4 is 9.46 Å². The fourth-order valence-electron chi connectivity index (χ4n) is 2.73. The highest BCUT2D eigenvalue weighted by atomic mass is 32.2. The number of nitriles is 1. The summed E-state index contributed by atoms with van der Waals surface area (Å²) in [5.41, 5.74) is -0.485. The minimum atomic E-state index is -4.33. The van der Waals surface area contributed by atoms with E-state index in [1.54, 1.807) is 6.07 Å². The van der Waals surface area contributed by atoms with E-state index in [1.807, 2.05) is 4.72 Å². The Kier molecular flexibility index (Phi) is 5.98. The maximum Gasteiger partial charge on any atom is 0.387 e. The van der Waals surface area contributed by atoms with Gasteiger partial charge < -0.3 is 9.72 Å². The molecule has 0 amide bonds. The summed E-state index contributed by atoms with van der Waals surface area (Å²) in [5.74, 6) is -2.29. The average molecular weight is 439 g/mol. The highest BCUT2D eigenvalue weighted by molar-refractivity contribution is 7.92. The number of H-pyrrole nitrogens is 1. The second kappa shape index (κ2) is 8.46. The topological polar surface area (TPSA) is 95.0 Å². The van der Waals surface area contributed by atoms with Crippen LogP contribution in [0.3, 0.4) is 0 Å². The lowest BCUT2D eigenvalue weighted by Gasteiger charge is -2.11. The zero-order chi connectivity index (χ0) is 21.9. The van der Waals surface area contributed by atoms with Crippen LogP contribution in [-0.2, 0) is 16.4 Å². The van der Waals surface area contributed by atoms with Gasteiger partial charge in [-0.1, -0.05) is 12.1 Å². The lowest BCUT2D eigenvalue weighted by molar-refractivity contribution is -0.0498. The van der Waals surface area contributed by atoms with Crippen LogP contribution in [0.5, 0.6) is 5.75 Å². The number of sulfonamides is 1. The Bertz CT molecular complexity index is 1220. The van der Waals surface area contributed by atoms with Crippen molar-refractivity contribution in [3.63, 3.8) is 0 Å². The normalized spacial score (nSPS) is 11.3. The summed E-state index contributed by atoms with van der Waals surface area (Å²) >= 11 is 0. The molecular weight excluding hydrogens is 426 g/mol. The van der Waals surface area contributed by atoms with Gasteiger partial charge in [0.1, 0.15) is 28.3 Å². The molecule has 0 fully saturated rings. The minimum absolute atomic E-state index is 0.0321. The highest BCUT2D eigenvalue weighted by Gasteiger charge is 2.22. The number of hydrogen-bond acceptors (Lipinski definition) is 4. The number of nitrogens with one attached hydrogen (secondary N) is 2. The minimum Gasteiger partial charge on any atom is -0.435 e. The first-order valence-corrected chi connectivity index (χ1v) is 9.79. The predicted molar refractivity (Wildman–Crippen MR) is 98.6 cm³/mol. The second-order valence-electron chi connectivity index (χ2n) is 6.08. The molecule has 0 spiro atoms. The number of anilines is 1. The molecule has 3 rings (SSSR count). The van der Waals surface area contributed by atoms with Crippen molar-refractivity contribution in [2.45, 2.75) is 17.9 Å². The number of nitrogens with zero attached hydrogens (tertiary/aromatic N) is 1. The molecule has 0 aliphatic rings. The Morgan fingerprint density at radius 1 is 1.13 bits per heavy atom. The van der Waals surface area contributed by atoms with Gasteiger partial charge in [0.05, 0.1) is 11.3 Å². The van der Waals surface area contributed by atoms with E-state index >= 15 is 0 Å². The number of aromatic nitrogens is 1. The van der Waals surface area contributed by atoms with Gasteiger partial charge in [0.25, 0.3) is 10.0 Å². The van der Waals surface area contributed by atoms with E-state index in [2.05, 4.69) is 9.72 Å². The summed E-state index contributed by atoms with van der Waals surface area (Å²) < 4.78 is 84.2. The van der Waals surface area contributed by atoms with Crippen LogP contribution in [-0.4, -0.2) is 20.0 Å². The molecule has 2 N–H and O–H groups in total. The molecular formula is C19H13F4N3O3S. The van der Waals surface area contributed by atoms with Crippen molar-refractivity contribution in [2.24, 2.45) is 0 Å². The second-order valence-corrected chi connectivity index (χ2v) is 7.73. The highest BCUT2D eigenvalue weighted by Crippen LogP contribution is 2.26. The molecule has 1 heterocycles. The zero-order valence-electron chi connectivity index (χ0n) is 15.0. The Balaban J connectivity index is 1.87. The summed E-state index contributed by atoms with van der Waals surface area (Å²) in [6, 6.07) is 8.33. The van der Waals surface area contributed by atoms with Crippen LogP contribution >= 0.6 is 0 Å². The van der Waals surface area contributed by atoms with Crippen molar-refractivity contribution in [3.05, 3.63) is 77.1 Å². The monoisotopic (exact) mass is 439 g/mol. The molecule has 0 aliphatic carbocycles. The Morgan fingerprint density at radius 3 is 2.60 bits per heavy atom. The van der Waals surface area contributed by atoms with Crippen molar-refractivity contribution in [2.75, 3.05) is 4.72 Å². The molecule has 0 bridgehead atoms. The van der Waals surface area contributed by atoms with Crippen molar-refractivity contribution >= 4 is 15.7 Å². The molecule has 0 saturated heterocycles. The molecule has 1 aromatic heterocycles. The van der Waals surface area contributed by atoms with Gasteiger partial charge in [-0.25, -0.2) is 17.2 Å². The first-order valence-electron chi connectivity index (χ1n) is 8.31. The van der Waals surface area contributed by atoms with Gasteiger partial charge in [0, 0.05) is 24.9 Å². The van der Waals surface area contributed by atoms with Crippen LogP contribution in [0.1, 0.15) is 16.7 Å². The van der Waals surface area contributed by atoms with E-state index in [1.165, 1.54) is 30.5 Å². The van der Waals surface area contributed by atoms with Gasteiger partial charge in [-0.05, 0) is 29.3 Å². The van der Waals surface area contributed by atoms with Crippen molar-refractivity contribution in [1.82, 2.24) is 4.98 Å². The van der Waals surface area contributed by atoms with Crippen molar-refractivity contribution in [1.29, 1.82) is 5.26 Å². The molecule has 3 aromatic rings. The largest absolute Gasteiger partial charge is 0.435 e. The van der Waals surface area contributed by atoms with Crippen molar-refractivity contribution in [3.8, 4) is 11.8 Å². The van der Waals surface area contributed by atoms with Crippen LogP contribution in [0.15, 0.2) is 53.7 Å². The van der Waals surface area contributed by atoms with E-state index < -0.39 is 39.5 Å². The molecule has 30 heavy (non-hydrogen) atoms. The molecule has 11 heteroatoms. The summed E-state index contributed by atoms with van der Waals surface area (Å²) in [4.78, 5) is 2.38. The van der Waals surface area contributed by atoms with Crippen molar-refractivity contribution < 1.29 is 30.7 Å². The molecule has 6 nitrogen and oxygen atoms in total. The molecule has 2 aromatic carbocycles. The fraction of sp³-hybridized carbons (Fsp3) is 0.105. The van der Waals surface area contributed by atoms with E-state index in [0.717, 1.165) is 6.20 Å². The van der Waals surface area contributed by atoms with Crippen LogP contribution in [0.2, 0.25) is 0 Å². The molecule has 0 radical (unpaired) electrons. The summed E-state index contributed by atoms with van der Waals surface area (Å²) in [5, 5.41) is 8.71. The smallest absolute Gasteiger partial charge is 0.387 e. The summed E-state index contributed by atoms with van der Waals surface area (Å²) in [6.07, 6.45) is 2.56. The van der Waals surface area contributed by atoms with Crippen LogP contribution in [0, 0.1) is 23.0 Å². The number of halogens is 4. The number of benzene rings is 2. The van der Waals surface area contributed by atoms with E-state index in [4.69, 9.17) is 5.26 Å². The Labute approximate surface area is 168 Å². The van der Waals surface area contributed by atoms with Gasteiger partial charge in [-0.15, -0.1) is 0 Å². The Hall–Kier alpha value is -3.52. The molecule has 0 unspecified atom stereocenters. The lowest BCUT2D eigenvalue weighted by Crippen LogP contribution is -2.15. The van der Waals surface area contributed by atoms with Gasteiger partial charge in [0.15, 0.2) is 0 Å². The van der Waals surface area contributed by atoms with E-state index in [-0.39, 0.29) is 22.6 Å². The molecule has 0 aliphatic heterocycles. The predicted octanol–water partition coefficient (Wildman–Crippen LogP) is 4.16. The maximum atomic E-state index is 14.1. The fourth-order valence-corrected chi connectivity index (χ4v) is 3.99. The third kappa shape index (κ3) is 4.72. The number of aromatic amines is 1. The lowest BCUT2D eigenvalue weighted by atomic mass is 10.1. The van der Waals surface area contributed by atoms with Gasteiger partial charge in [-0.3, -0.25) is 4.72 Å². The number of ether oxygens (including phenoxy) is 1. The maximum absolute atomic E-state index is 14.1. The first kappa shape index (κ1) is 21.2. The SMILES string of the molecule is N#Cc1cc(F)c(NS(=O)(=O)c2c[nH]cc2Cc2cccc(OC(F)F)c2)cc1F. The quantitative estimate of drug-likeness (QED) is 0.541. The molecule has 0 saturated carbocycles. The van der Waals surface area contributed by atoms with E-state index in [9.17, 15) is 26.0 Å². The third-order valence-electron chi connectivity index (χ3n) is 4.02. The van der Waals surface area contributed by atoms with Crippen LogP contribution in [0.25, 0.3) is 0 Å². The summed E-state index contributed by atoms with van der Waals surface area (Å²) in [6.45, 7) is -3.00. The first-order chi connectivity index (χ1) is 14.2. The number of rotatable bonds is 7. The third-order valence-corrected chi connectivity index (χ3v) is 5.47. The van der Waals surface area contributed by atoms with E-state index in [0.29, 0.717) is 17.7 Å². The summed E-state index contributed by atoms with van der Waals surface area (Å²) in [7, 11) is -4.33. The van der Waals surface area contributed by atoms with Gasteiger partial charge in [-0.2, -0.15) is 14.0 Å². The number of hydrogen-bond donors (Lipinski definition) is 2. The number of alkyl halides is 2. The molecule has 0 atom stereocenters. The van der Waals surface area contributed by atoms with Gasteiger partial charge >= 0.3 is 6.61 Å². The van der Waals surface area contributed by atoms with Crippen LogP contribution in [0.4, 0.5) is 23.2 Å². The molecule has 156 valence electrons. The average Bonchev–Trinajstić information content (AvgIpc) is 3.13. The van der Waals surface area contributed by atoms with Gasteiger partial charge in [0.2, 0.25) is 0 Å². The zero-order valence-corrected chi connectivity index (χ0v) is 15.8. The Morgan fingerprint density at radius 2 is 1.90 bits per heavy atom.